The average molecular weight is 585 g/mol. The molecule has 0 radical (unpaired) electrons. The van der Waals surface area contributed by atoms with E-state index in [1.807, 2.05) is 61.9 Å². The molecule has 6 rings (SSSR count). The Bertz CT molecular complexity index is 1550. The van der Waals surface area contributed by atoms with Gasteiger partial charge in [0.1, 0.15) is 28.6 Å². The van der Waals surface area contributed by atoms with Gasteiger partial charge < -0.3 is 29.3 Å². The largest absolute Gasteiger partial charge is 0.497 e. The van der Waals surface area contributed by atoms with Gasteiger partial charge in [0.2, 0.25) is 0 Å². The summed E-state index contributed by atoms with van der Waals surface area (Å²) in [7, 11) is 1.66. The van der Waals surface area contributed by atoms with Gasteiger partial charge in [-0.2, -0.15) is 5.10 Å². The lowest BCUT2D eigenvalue weighted by Gasteiger charge is -2.24. The molecule has 0 unspecified atom stereocenters. The van der Waals surface area contributed by atoms with Crippen LogP contribution >= 0.6 is 0 Å². The quantitative estimate of drug-likeness (QED) is 0.288. The van der Waals surface area contributed by atoms with E-state index in [0.29, 0.717) is 25.5 Å². The molecular weight excluding hydrogens is 544 g/mol. The van der Waals surface area contributed by atoms with Crippen molar-refractivity contribution in [3.05, 3.63) is 72.4 Å². The zero-order chi connectivity index (χ0) is 30.0. The number of para-hydroxylation sites is 1. The highest BCUT2D eigenvalue weighted by molar-refractivity contribution is 5.93. The molecule has 10 nitrogen and oxygen atoms in total. The lowest BCUT2D eigenvalue weighted by atomic mass is 10.2. The van der Waals surface area contributed by atoms with E-state index in [0.717, 1.165) is 54.0 Å². The summed E-state index contributed by atoms with van der Waals surface area (Å²) in [6.45, 7) is 9.10. The summed E-state index contributed by atoms with van der Waals surface area (Å²) in [5.41, 5.74) is 2.50. The maximum absolute atomic E-state index is 12.7. The van der Waals surface area contributed by atoms with Crippen LogP contribution in [0, 0.1) is 0 Å². The van der Waals surface area contributed by atoms with E-state index in [-0.39, 0.29) is 18.2 Å². The molecule has 4 heterocycles. The van der Waals surface area contributed by atoms with E-state index >= 15 is 0 Å². The number of ether oxygens (including phenoxy) is 3. The molecule has 2 atom stereocenters. The van der Waals surface area contributed by atoms with Crippen LogP contribution in [0.3, 0.4) is 0 Å². The van der Waals surface area contributed by atoms with Gasteiger partial charge in [0.05, 0.1) is 20.2 Å². The third-order valence-electron chi connectivity index (χ3n) is 7.83. The van der Waals surface area contributed by atoms with E-state index in [1.54, 1.807) is 18.2 Å². The van der Waals surface area contributed by atoms with Crippen LogP contribution in [0.1, 0.15) is 39.2 Å². The van der Waals surface area contributed by atoms with Crippen LogP contribution in [0.4, 0.5) is 16.3 Å². The smallest absolute Gasteiger partial charge is 0.410 e. The Morgan fingerprint density at radius 3 is 2.53 bits per heavy atom. The van der Waals surface area contributed by atoms with Crippen molar-refractivity contribution in [1.82, 2.24) is 19.7 Å². The molecule has 0 aliphatic carbocycles. The van der Waals surface area contributed by atoms with E-state index in [1.165, 1.54) is 5.69 Å². The monoisotopic (exact) mass is 584 g/mol. The number of nitrogens with zero attached hydrogens (tertiary/aromatic N) is 5. The molecule has 2 aromatic heterocycles. The number of fused-ring (bicyclic) bond motifs is 1. The number of carbonyl (C=O) groups is 1. The van der Waals surface area contributed by atoms with Crippen molar-refractivity contribution >= 4 is 28.6 Å². The molecule has 4 aromatic rings. The van der Waals surface area contributed by atoms with E-state index in [2.05, 4.69) is 34.5 Å². The van der Waals surface area contributed by atoms with Crippen molar-refractivity contribution in [1.29, 1.82) is 0 Å². The van der Waals surface area contributed by atoms with Crippen LogP contribution < -0.4 is 19.7 Å². The Hall–Kier alpha value is -4.47. The highest BCUT2D eigenvalue weighted by atomic mass is 16.6. The van der Waals surface area contributed by atoms with Crippen molar-refractivity contribution in [2.45, 2.75) is 57.9 Å². The third-order valence-corrected chi connectivity index (χ3v) is 7.83. The highest BCUT2D eigenvalue weighted by Crippen LogP contribution is 2.35. The Morgan fingerprint density at radius 1 is 1.00 bits per heavy atom. The fourth-order valence-corrected chi connectivity index (χ4v) is 5.72. The number of likely N-dealkylation sites (tertiary alicyclic amines) is 1. The normalized spacial score (nSPS) is 18.7. The fraction of sp³-hybridized carbons (Fsp3) is 0.424. The van der Waals surface area contributed by atoms with E-state index in [9.17, 15) is 4.79 Å². The number of aromatic nitrogens is 3. The zero-order valence-electron chi connectivity index (χ0n) is 25.3. The molecule has 10 heteroatoms. The Morgan fingerprint density at radius 2 is 1.79 bits per heavy atom. The third kappa shape index (κ3) is 6.63. The number of amides is 1. The lowest BCUT2D eigenvalue weighted by Crippen LogP contribution is -2.36. The van der Waals surface area contributed by atoms with Crippen LogP contribution in [0.5, 0.6) is 11.5 Å². The van der Waals surface area contributed by atoms with Gasteiger partial charge in [-0.25, -0.2) is 14.5 Å². The number of hydrogen-bond donors (Lipinski definition) is 1. The van der Waals surface area contributed by atoms with Crippen LogP contribution in [-0.4, -0.2) is 76.8 Å². The summed E-state index contributed by atoms with van der Waals surface area (Å²) < 4.78 is 19.5. The van der Waals surface area contributed by atoms with E-state index < -0.39 is 5.60 Å². The number of nitrogens with one attached hydrogen (secondary N) is 1. The molecule has 2 saturated heterocycles. The van der Waals surface area contributed by atoms with Crippen LogP contribution in [0.25, 0.3) is 11.0 Å². The number of benzene rings is 2. The molecule has 2 fully saturated rings. The van der Waals surface area contributed by atoms with Crippen LogP contribution in [0.2, 0.25) is 0 Å². The maximum Gasteiger partial charge on any atom is 0.410 e. The summed E-state index contributed by atoms with van der Waals surface area (Å²) in [5.74, 6) is 2.28. The highest BCUT2D eigenvalue weighted by Gasteiger charge is 2.32. The van der Waals surface area contributed by atoms with Gasteiger partial charge >= 0.3 is 6.09 Å². The minimum atomic E-state index is -0.534. The van der Waals surface area contributed by atoms with Crippen molar-refractivity contribution < 1.29 is 19.0 Å². The fourth-order valence-electron chi connectivity index (χ4n) is 5.72. The first-order chi connectivity index (χ1) is 20.8. The summed E-state index contributed by atoms with van der Waals surface area (Å²) >= 11 is 0. The second-order valence-corrected chi connectivity index (χ2v) is 12.2. The molecule has 2 aliphatic rings. The minimum Gasteiger partial charge on any atom is -0.497 e. The molecule has 1 N–H and O–H groups in total. The topological polar surface area (TPSA) is 94.0 Å². The zero-order valence-corrected chi connectivity index (χ0v) is 25.3. The second-order valence-electron chi connectivity index (χ2n) is 12.2. The first-order valence-electron chi connectivity index (χ1n) is 15.0. The number of anilines is 2. The van der Waals surface area contributed by atoms with Gasteiger partial charge in [-0.1, -0.05) is 30.3 Å². The molecule has 43 heavy (non-hydrogen) atoms. The maximum atomic E-state index is 12.7. The molecule has 0 bridgehead atoms. The predicted molar refractivity (Wildman–Crippen MR) is 167 cm³/mol. The standard InChI is InChI=1S/C33H40N6O4/c1-33(2,3)43-32(40)38-18-15-24(21-38)35-30-29-28(42-27-16-19-37(22-27)25-8-6-5-7-9-25)14-17-34-31(29)39(36-30)20-23-10-12-26(41-4)13-11-23/h5-14,17,24,27H,15-16,18-22H2,1-4H3,(H,35,36)/t24-,27+/m1/s1. The summed E-state index contributed by atoms with van der Waals surface area (Å²) in [5, 5.41) is 9.48. The van der Waals surface area contributed by atoms with Gasteiger partial charge in [0, 0.05) is 44.0 Å². The molecule has 2 aromatic carbocycles. The summed E-state index contributed by atoms with van der Waals surface area (Å²) in [4.78, 5) is 21.6. The second kappa shape index (κ2) is 12.0. The number of carbonyl (C=O) groups excluding carboxylic acids is 1. The molecule has 2 aliphatic heterocycles. The number of methoxy groups -OCH3 is 1. The van der Waals surface area contributed by atoms with Crippen molar-refractivity contribution in [3.63, 3.8) is 0 Å². The first-order valence-corrected chi connectivity index (χ1v) is 15.0. The average Bonchev–Trinajstić information content (AvgIpc) is 3.74. The molecule has 1 amide bonds. The Balaban J connectivity index is 1.26. The Labute approximate surface area is 252 Å². The van der Waals surface area contributed by atoms with Gasteiger partial charge in [0.15, 0.2) is 11.5 Å². The molecular formula is C33H40N6O4. The minimum absolute atomic E-state index is 0.0214. The number of hydrogen-bond acceptors (Lipinski definition) is 8. The number of rotatable bonds is 8. The van der Waals surface area contributed by atoms with Crippen molar-refractivity contribution in [3.8, 4) is 11.5 Å². The summed E-state index contributed by atoms with van der Waals surface area (Å²) in [6.07, 6.45) is 3.25. The SMILES string of the molecule is COc1ccc(Cn2nc(N[C@@H]3CCN(C(=O)OC(C)(C)C)C3)c3c(O[C@H]4CCN(c5ccccc5)C4)ccnc32)cc1. The molecule has 226 valence electrons. The van der Waals surface area contributed by atoms with Gasteiger partial charge in [-0.15, -0.1) is 0 Å². The van der Waals surface area contributed by atoms with Crippen molar-refractivity contribution in [2.24, 2.45) is 0 Å². The summed E-state index contributed by atoms with van der Waals surface area (Å²) in [6, 6.07) is 20.4. The van der Waals surface area contributed by atoms with Crippen LogP contribution in [-0.2, 0) is 11.3 Å². The van der Waals surface area contributed by atoms with Crippen molar-refractivity contribution in [2.75, 3.05) is 43.5 Å². The number of pyridine rings is 1. The lowest BCUT2D eigenvalue weighted by molar-refractivity contribution is 0.0293. The van der Waals surface area contributed by atoms with Crippen LogP contribution in [0.15, 0.2) is 66.9 Å². The van der Waals surface area contributed by atoms with Gasteiger partial charge in [-0.3, -0.25) is 0 Å². The van der Waals surface area contributed by atoms with E-state index in [4.69, 9.17) is 24.3 Å². The molecule has 0 saturated carbocycles. The van der Waals surface area contributed by atoms with Gasteiger partial charge in [0.25, 0.3) is 0 Å². The molecule has 0 spiro atoms. The predicted octanol–water partition coefficient (Wildman–Crippen LogP) is 5.57. The van der Waals surface area contributed by atoms with Gasteiger partial charge in [-0.05, 0) is 63.1 Å². The first kappa shape index (κ1) is 28.6. The Kier molecular flexibility index (Phi) is 8.01.